The first-order valence-corrected chi connectivity index (χ1v) is 29.6. The lowest BCUT2D eigenvalue weighted by atomic mass is 9.97. The standard InChI is InChI=1S/C58H109NO13/c1-3-5-7-9-11-12-13-14-15-16-17-18-19-20-21-22-23-24-25-26-27-28-29-30-31-32-33-34-35-36-37-39-41-47(62)46(59-50(63)42-40-38-10-8-6-4-2)45-69-57-55(68)53(66)56(49(44-61)71-57)72-58-54(67)52(65)51(64)48(43-60)70-58/h34-35,39,41,46-49,51-58,60-62,64-68H,3-33,36-38,40,42-45H2,1-2H3,(H,59,63)/b35-34+,41-39+. The van der Waals surface area contributed by atoms with Crippen molar-refractivity contribution in [3.05, 3.63) is 24.3 Å². The lowest BCUT2D eigenvalue weighted by Gasteiger charge is -2.46. The number of amides is 1. The summed E-state index contributed by atoms with van der Waals surface area (Å²) in [4.78, 5) is 13.0. The molecule has 2 fully saturated rings. The molecule has 0 bridgehead atoms. The highest BCUT2D eigenvalue weighted by molar-refractivity contribution is 5.76. The van der Waals surface area contributed by atoms with Gasteiger partial charge in [0.2, 0.25) is 5.91 Å². The molecule has 0 radical (unpaired) electrons. The predicted molar refractivity (Wildman–Crippen MR) is 286 cm³/mol. The Balaban J connectivity index is 1.61. The van der Waals surface area contributed by atoms with E-state index in [0.29, 0.717) is 12.8 Å². The molecule has 0 aromatic rings. The maximum atomic E-state index is 13.0. The van der Waals surface area contributed by atoms with Crippen LogP contribution in [0.3, 0.4) is 0 Å². The molecule has 12 atom stereocenters. The molecule has 14 nitrogen and oxygen atoms in total. The molecule has 424 valence electrons. The molecular formula is C58H109NO13. The Morgan fingerprint density at radius 1 is 0.486 bits per heavy atom. The van der Waals surface area contributed by atoms with Crippen molar-refractivity contribution in [1.29, 1.82) is 0 Å². The van der Waals surface area contributed by atoms with Gasteiger partial charge in [-0.2, -0.15) is 0 Å². The van der Waals surface area contributed by atoms with Crippen molar-refractivity contribution >= 4 is 5.91 Å². The molecule has 0 spiro atoms. The van der Waals surface area contributed by atoms with Gasteiger partial charge in [-0.15, -0.1) is 0 Å². The van der Waals surface area contributed by atoms with Crippen LogP contribution in [0, 0.1) is 0 Å². The highest BCUT2D eigenvalue weighted by Crippen LogP contribution is 2.30. The van der Waals surface area contributed by atoms with Crippen molar-refractivity contribution in [2.75, 3.05) is 19.8 Å². The average molecular weight is 1030 g/mol. The largest absolute Gasteiger partial charge is 0.394 e. The molecule has 12 unspecified atom stereocenters. The van der Waals surface area contributed by atoms with Crippen molar-refractivity contribution in [1.82, 2.24) is 5.32 Å². The summed E-state index contributed by atoms with van der Waals surface area (Å²) < 4.78 is 22.6. The lowest BCUT2D eigenvalue weighted by molar-refractivity contribution is -0.359. The van der Waals surface area contributed by atoms with Crippen LogP contribution in [0.2, 0.25) is 0 Å². The Labute approximate surface area is 437 Å². The van der Waals surface area contributed by atoms with E-state index < -0.39 is 86.8 Å². The molecule has 72 heavy (non-hydrogen) atoms. The number of allylic oxidation sites excluding steroid dienone is 3. The molecule has 0 saturated carbocycles. The zero-order valence-corrected chi connectivity index (χ0v) is 45.4. The summed E-state index contributed by atoms with van der Waals surface area (Å²) in [5, 5.41) is 86.5. The van der Waals surface area contributed by atoms with E-state index >= 15 is 0 Å². The highest BCUT2D eigenvalue weighted by atomic mass is 16.7. The number of aliphatic hydroxyl groups excluding tert-OH is 8. The molecule has 2 rings (SSSR count). The van der Waals surface area contributed by atoms with Crippen LogP contribution >= 0.6 is 0 Å². The molecule has 0 aromatic heterocycles. The van der Waals surface area contributed by atoms with Gasteiger partial charge in [-0.3, -0.25) is 4.79 Å². The second-order valence-electron chi connectivity index (χ2n) is 21.1. The van der Waals surface area contributed by atoms with Gasteiger partial charge in [0.1, 0.15) is 48.8 Å². The van der Waals surface area contributed by atoms with E-state index in [1.54, 1.807) is 6.08 Å². The van der Waals surface area contributed by atoms with E-state index in [-0.39, 0.29) is 18.9 Å². The highest BCUT2D eigenvalue weighted by Gasteiger charge is 2.51. The van der Waals surface area contributed by atoms with Crippen molar-refractivity contribution in [2.45, 2.75) is 319 Å². The Kier molecular flexibility index (Phi) is 41.2. The van der Waals surface area contributed by atoms with Crippen LogP contribution in [0.15, 0.2) is 24.3 Å². The van der Waals surface area contributed by atoms with Crippen LogP contribution in [0.4, 0.5) is 0 Å². The number of carbonyl (C=O) groups excluding carboxylic acids is 1. The second kappa shape index (κ2) is 44.6. The Bertz CT molecular complexity index is 1300. The molecule has 0 aliphatic carbocycles. The lowest BCUT2D eigenvalue weighted by Crippen LogP contribution is -2.65. The number of aliphatic hydroxyl groups is 8. The van der Waals surface area contributed by atoms with Gasteiger partial charge >= 0.3 is 0 Å². The number of hydrogen-bond donors (Lipinski definition) is 9. The summed E-state index contributed by atoms with van der Waals surface area (Å²) in [7, 11) is 0. The monoisotopic (exact) mass is 1030 g/mol. The third-order valence-corrected chi connectivity index (χ3v) is 14.6. The normalized spacial score (nSPS) is 25.7. The minimum atomic E-state index is -1.79. The molecular weight excluding hydrogens is 919 g/mol. The molecule has 2 heterocycles. The van der Waals surface area contributed by atoms with Crippen LogP contribution < -0.4 is 5.32 Å². The van der Waals surface area contributed by atoms with Gasteiger partial charge in [-0.1, -0.05) is 231 Å². The summed E-state index contributed by atoms with van der Waals surface area (Å²) in [5.41, 5.74) is 0. The third kappa shape index (κ3) is 30.3. The number of ether oxygens (including phenoxy) is 4. The summed E-state index contributed by atoms with van der Waals surface area (Å²) in [5.74, 6) is -0.258. The summed E-state index contributed by atoms with van der Waals surface area (Å²) in [6.07, 6.45) is 35.9. The summed E-state index contributed by atoms with van der Waals surface area (Å²) in [6.45, 7) is 2.71. The van der Waals surface area contributed by atoms with Crippen LogP contribution in [0.5, 0.6) is 0 Å². The van der Waals surface area contributed by atoms with Gasteiger partial charge in [-0.05, 0) is 32.1 Å². The smallest absolute Gasteiger partial charge is 0.220 e. The first-order valence-electron chi connectivity index (χ1n) is 29.6. The minimum Gasteiger partial charge on any atom is -0.394 e. The molecule has 9 N–H and O–H groups in total. The first kappa shape index (κ1) is 66.6. The molecule has 14 heteroatoms. The zero-order chi connectivity index (χ0) is 52.4. The summed E-state index contributed by atoms with van der Waals surface area (Å²) in [6, 6.07) is -0.925. The second-order valence-corrected chi connectivity index (χ2v) is 21.1. The van der Waals surface area contributed by atoms with Crippen molar-refractivity contribution in [3.63, 3.8) is 0 Å². The molecule has 1 amide bonds. The number of hydrogen-bond acceptors (Lipinski definition) is 13. The van der Waals surface area contributed by atoms with E-state index in [2.05, 4.69) is 31.3 Å². The van der Waals surface area contributed by atoms with Crippen LogP contribution in [-0.2, 0) is 23.7 Å². The fraction of sp³-hybridized carbons (Fsp3) is 0.914. The fourth-order valence-corrected chi connectivity index (χ4v) is 9.84. The predicted octanol–water partition coefficient (Wildman–Crippen LogP) is 9.67. The Morgan fingerprint density at radius 3 is 1.36 bits per heavy atom. The van der Waals surface area contributed by atoms with Gasteiger partial charge < -0.3 is 65.1 Å². The van der Waals surface area contributed by atoms with Gasteiger partial charge in [0.15, 0.2) is 12.6 Å². The third-order valence-electron chi connectivity index (χ3n) is 14.6. The average Bonchev–Trinajstić information content (AvgIpc) is 3.38. The van der Waals surface area contributed by atoms with E-state index in [4.69, 9.17) is 18.9 Å². The minimum absolute atomic E-state index is 0.258. The molecule has 2 aliphatic heterocycles. The number of unbranched alkanes of at least 4 members (excludes halogenated alkanes) is 32. The van der Waals surface area contributed by atoms with Gasteiger partial charge in [0.25, 0.3) is 0 Å². The SMILES string of the molecule is CCCCCCCCCCCCCCCCCCCCCCCCCCCC/C=C/CC/C=C/C(O)C(COC1OC(CO)C(OC2OC(CO)C(O)C(O)C2O)C(O)C1O)NC(=O)CCCCCCCC. The quantitative estimate of drug-likeness (QED) is 0.0205. The molecule has 0 aromatic carbocycles. The van der Waals surface area contributed by atoms with Gasteiger partial charge in [0, 0.05) is 6.42 Å². The van der Waals surface area contributed by atoms with Crippen molar-refractivity contribution in [2.24, 2.45) is 0 Å². The first-order chi connectivity index (χ1) is 35.1. The number of nitrogens with one attached hydrogen (secondary N) is 1. The Hall–Kier alpha value is -1.53. The van der Waals surface area contributed by atoms with Crippen LogP contribution in [-0.4, -0.2) is 140 Å². The topological polar surface area (TPSA) is 228 Å². The van der Waals surface area contributed by atoms with Crippen LogP contribution in [0.1, 0.15) is 245 Å². The van der Waals surface area contributed by atoms with Gasteiger partial charge in [-0.25, -0.2) is 0 Å². The van der Waals surface area contributed by atoms with Gasteiger partial charge in [0.05, 0.1) is 32.0 Å². The molecule has 2 saturated heterocycles. The fourth-order valence-electron chi connectivity index (χ4n) is 9.84. The summed E-state index contributed by atoms with van der Waals surface area (Å²) >= 11 is 0. The number of rotatable bonds is 47. The van der Waals surface area contributed by atoms with Crippen LogP contribution in [0.25, 0.3) is 0 Å². The number of carbonyl (C=O) groups is 1. The van der Waals surface area contributed by atoms with E-state index in [1.807, 2.05) is 6.08 Å². The Morgan fingerprint density at radius 2 is 0.889 bits per heavy atom. The van der Waals surface area contributed by atoms with E-state index in [9.17, 15) is 45.6 Å². The zero-order valence-electron chi connectivity index (χ0n) is 45.4. The van der Waals surface area contributed by atoms with Crippen molar-refractivity contribution in [3.8, 4) is 0 Å². The molecule has 2 aliphatic rings. The van der Waals surface area contributed by atoms with Crippen molar-refractivity contribution < 1.29 is 64.6 Å². The van der Waals surface area contributed by atoms with E-state index in [1.165, 1.54) is 167 Å². The maximum Gasteiger partial charge on any atom is 0.220 e. The maximum absolute atomic E-state index is 13.0. The van der Waals surface area contributed by atoms with E-state index in [0.717, 1.165) is 44.9 Å².